The van der Waals surface area contributed by atoms with Crippen LogP contribution in [0.5, 0.6) is 0 Å². The maximum Gasteiger partial charge on any atom is 0.416 e. The largest absolute Gasteiger partial charge is 0.416 e. The number of benzene rings is 1. The molecule has 1 amide bonds. The van der Waals surface area contributed by atoms with E-state index in [0.717, 1.165) is 10.5 Å². The van der Waals surface area contributed by atoms with E-state index in [0.29, 0.717) is 12.1 Å². The summed E-state index contributed by atoms with van der Waals surface area (Å²) >= 11 is 0. The first-order chi connectivity index (χ1) is 11.8. The zero-order chi connectivity index (χ0) is 18.2. The molecule has 0 spiro atoms. The third-order valence-electron chi connectivity index (χ3n) is 3.42. The Morgan fingerprint density at radius 2 is 1.92 bits per heavy atom. The van der Waals surface area contributed by atoms with E-state index in [4.69, 9.17) is 0 Å². The number of pyridine rings is 1. The number of nitrogens with one attached hydrogen (secondary N) is 1. The van der Waals surface area contributed by atoms with E-state index in [2.05, 4.69) is 10.3 Å². The van der Waals surface area contributed by atoms with Crippen molar-refractivity contribution in [3.05, 3.63) is 71.2 Å². The van der Waals surface area contributed by atoms with Crippen LogP contribution >= 0.6 is 0 Å². The summed E-state index contributed by atoms with van der Waals surface area (Å²) in [5.41, 5.74) is -1.57. The lowest BCUT2D eigenvalue weighted by molar-refractivity contribution is -0.137. The Bertz CT molecular complexity index is 949. The van der Waals surface area contributed by atoms with Gasteiger partial charge in [0.15, 0.2) is 5.69 Å². The van der Waals surface area contributed by atoms with Crippen LogP contribution in [0.25, 0.3) is 5.65 Å². The van der Waals surface area contributed by atoms with Crippen LogP contribution in [0.2, 0.25) is 0 Å². The highest BCUT2D eigenvalue weighted by atomic mass is 19.4. The van der Waals surface area contributed by atoms with Crippen LogP contribution in [0.15, 0.2) is 42.6 Å². The molecule has 2 aromatic heterocycles. The quantitative estimate of drug-likeness (QED) is 0.731. The van der Waals surface area contributed by atoms with Gasteiger partial charge >= 0.3 is 6.18 Å². The van der Waals surface area contributed by atoms with Crippen molar-refractivity contribution in [2.45, 2.75) is 12.7 Å². The molecule has 2 heterocycles. The van der Waals surface area contributed by atoms with Gasteiger partial charge in [-0.15, -0.1) is 0 Å². The number of imidazole rings is 1. The number of aromatic nitrogens is 2. The zero-order valence-corrected chi connectivity index (χ0v) is 12.4. The maximum absolute atomic E-state index is 14.1. The molecule has 0 aliphatic heterocycles. The minimum atomic E-state index is -4.71. The molecule has 0 saturated heterocycles. The van der Waals surface area contributed by atoms with E-state index in [-0.39, 0.29) is 11.2 Å². The van der Waals surface area contributed by atoms with Crippen molar-refractivity contribution in [2.75, 3.05) is 0 Å². The first kappa shape index (κ1) is 16.9. The fourth-order valence-electron chi connectivity index (χ4n) is 2.29. The lowest BCUT2D eigenvalue weighted by Crippen LogP contribution is -2.24. The van der Waals surface area contributed by atoms with Gasteiger partial charge in [0, 0.05) is 12.7 Å². The van der Waals surface area contributed by atoms with E-state index in [1.54, 1.807) is 12.1 Å². The highest BCUT2D eigenvalue weighted by Crippen LogP contribution is 2.30. The number of nitrogens with zero attached hydrogens (tertiary/aromatic N) is 2. The van der Waals surface area contributed by atoms with Gasteiger partial charge in [-0.2, -0.15) is 17.6 Å². The number of alkyl halides is 3. The van der Waals surface area contributed by atoms with Crippen molar-refractivity contribution in [3.8, 4) is 0 Å². The predicted octanol–water partition coefficient (Wildman–Crippen LogP) is 3.56. The van der Waals surface area contributed by atoms with Crippen LogP contribution in [0.3, 0.4) is 0 Å². The second kappa shape index (κ2) is 6.15. The second-order valence-corrected chi connectivity index (χ2v) is 5.21. The maximum atomic E-state index is 14.1. The van der Waals surface area contributed by atoms with E-state index in [9.17, 15) is 26.7 Å². The molecule has 0 saturated carbocycles. The number of amides is 1. The molecular formula is C16H10F5N3O. The van der Waals surface area contributed by atoms with Gasteiger partial charge in [-0.3, -0.25) is 9.20 Å². The standard InChI is InChI=1S/C16H10F5N3O/c17-11-6-9(5-10(7-11)16(19,20)21)8-22-15(25)13-14(18)24-4-2-1-3-12(24)23-13/h1-7H,8H2,(H,22,25). The molecule has 3 rings (SSSR count). The fourth-order valence-corrected chi connectivity index (χ4v) is 2.29. The Kier molecular flexibility index (Phi) is 4.15. The summed E-state index contributed by atoms with van der Waals surface area (Å²) in [5.74, 6) is -2.90. The monoisotopic (exact) mass is 355 g/mol. The van der Waals surface area contributed by atoms with Crippen molar-refractivity contribution in [1.29, 1.82) is 0 Å². The molecule has 0 radical (unpaired) electrons. The number of carbonyl (C=O) groups excluding carboxylic acids is 1. The number of rotatable bonds is 3. The Morgan fingerprint density at radius 1 is 1.16 bits per heavy atom. The number of carbonyl (C=O) groups is 1. The van der Waals surface area contributed by atoms with Gasteiger partial charge in [0.2, 0.25) is 5.95 Å². The summed E-state index contributed by atoms with van der Waals surface area (Å²) in [6, 6.07) is 6.56. The van der Waals surface area contributed by atoms with Crippen molar-refractivity contribution in [1.82, 2.24) is 14.7 Å². The average molecular weight is 355 g/mol. The van der Waals surface area contributed by atoms with Gasteiger partial charge in [0.25, 0.3) is 5.91 Å². The Labute approximate surface area is 137 Å². The number of hydrogen-bond acceptors (Lipinski definition) is 2. The van der Waals surface area contributed by atoms with Crippen LogP contribution in [0, 0.1) is 11.8 Å². The summed E-state index contributed by atoms with van der Waals surface area (Å²) < 4.78 is 66.5. The predicted molar refractivity (Wildman–Crippen MR) is 77.7 cm³/mol. The van der Waals surface area contributed by atoms with Crippen molar-refractivity contribution >= 4 is 11.6 Å². The zero-order valence-electron chi connectivity index (χ0n) is 12.4. The number of halogens is 5. The summed E-state index contributed by atoms with van der Waals surface area (Å²) in [7, 11) is 0. The topological polar surface area (TPSA) is 46.4 Å². The smallest absolute Gasteiger partial charge is 0.346 e. The normalized spacial score (nSPS) is 11.7. The highest BCUT2D eigenvalue weighted by Gasteiger charge is 2.31. The van der Waals surface area contributed by atoms with Gasteiger partial charge < -0.3 is 5.32 Å². The Hall–Kier alpha value is -2.97. The lowest BCUT2D eigenvalue weighted by Gasteiger charge is -2.10. The average Bonchev–Trinajstić information content (AvgIpc) is 2.89. The summed E-state index contributed by atoms with van der Waals surface area (Å²) in [6.45, 7) is -0.410. The third-order valence-corrected chi connectivity index (χ3v) is 3.42. The first-order valence-electron chi connectivity index (χ1n) is 7.03. The summed E-state index contributed by atoms with van der Waals surface area (Å²) in [4.78, 5) is 15.9. The third kappa shape index (κ3) is 3.44. The molecule has 0 atom stereocenters. The Morgan fingerprint density at radius 3 is 2.60 bits per heavy atom. The van der Waals surface area contributed by atoms with Gasteiger partial charge in [-0.25, -0.2) is 9.37 Å². The van der Waals surface area contributed by atoms with Crippen LogP contribution in [0.4, 0.5) is 22.0 Å². The molecule has 3 aromatic rings. The molecule has 0 unspecified atom stereocenters. The molecule has 0 aliphatic rings. The van der Waals surface area contributed by atoms with Gasteiger partial charge in [0.1, 0.15) is 11.5 Å². The van der Waals surface area contributed by atoms with Crippen LogP contribution < -0.4 is 5.32 Å². The van der Waals surface area contributed by atoms with Crippen molar-refractivity contribution < 1.29 is 26.7 Å². The minimum absolute atomic E-state index is 0.107. The number of fused-ring (bicyclic) bond motifs is 1. The van der Waals surface area contributed by atoms with Gasteiger partial charge in [0.05, 0.1) is 5.56 Å². The van der Waals surface area contributed by atoms with Crippen molar-refractivity contribution in [3.63, 3.8) is 0 Å². The van der Waals surface area contributed by atoms with Gasteiger partial charge in [-0.1, -0.05) is 6.07 Å². The molecule has 130 valence electrons. The molecule has 9 heteroatoms. The summed E-state index contributed by atoms with van der Waals surface area (Å²) in [6.07, 6.45) is -3.34. The van der Waals surface area contributed by atoms with E-state index in [1.165, 1.54) is 12.3 Å². The SMILES string of the molecule is O=C(NCc1cc(F)cc(C(F)(F)F)c1)c1nc2ccccn2c1F. The molecule has 1 aromatic carbocycles. The highest BCUT2D eigenvalue weighted by molar-refractivity contribution is 5.93. The van der Waals surface area contributed by atoms with E-state index in [1.807, 2.05) is 0 Å². The molecule has 25 heavy (non-hydrogen) atoms. The minimum Gasteiger partial charge on any atom is -0.346 e. The Balaban J connectivity index is 1.80. The first-order valence-corrected chi connectivity index (χ1v) is 7.03. The van der Waals surface area contributed by atoms with Crippen LogP contribution in [-0.2, 0) is 12.7 Å². The van der Waals surface area contributed by atoms with E-state index >= 15 is 0 Å². The molecule has 4 nitrogen and oxygen atoms in total. The van der Waals surface area contributed by atoms with Crippen LogP contribution in [0.1, 0.15) is 21.6 Å². The fraction of sp³-hybridized carbons (Fsp3) is 0.125. The lowest BCUT2D eigenvalue weighted by atomic mass is 10.1. The number of hydrogen-bond donors (Lipinski definition) is 1. The molecule has 1 N–H and O–H groups in total. The molecule has 0 bridgehead atoms. The van der Waals surface area contributed by atoms with E-state index < -0.39 is 41.7 Å². The van der Waals surface area contributed by atoms with Gasteiger partial charge in [-0.05, 0) is 35.9 Å². The molecular weight excluding hydrogens is 345 g/mol. The van der Waals surface area contributed by atoms with Crippen molar-refractivity contribution in [2.24, 2.45) is 0 Å². The molecule has 0 aliphatic carbocycles. The summed E-state index contributed by atoms with van der Waals surface area (Å²) in [5, 5.41) is 2.23. The molecule has 0 fully saturated rings. The second-order valence-electron chi connectivity index (χ2n) is 5.21. The van der Waals surface area contributed by atoms with Crippen LogP contribution in [-0.4, -0.2) is 15.3 Å².